The molecule has 3 rings (SSSR count). The Balaban J connectivity index is 1.84. The number of hydrogen-bond donors (Lipinski definition) is 2. The Bertz CT molecular complexity index is 658. The molecule has 1 aliphatic carbocycles. The normalized spacial score (nSPS) is 18.5. The van der Waals surface area contributed by atoms with Crippen molar-refractivity contribution in [2.45, 2.75) is 39.0 Å². The summed E-state index contributed by atoms with van der Waals surface area (Å²) in [7, 11) is 0. The van der Waals surface area contributed by atoms with Crippen molar-refractivity contribution in [1.82, 2.24) is 14.6 Å². The number of anilines is 1. The van der Waals surface area contributed by atoms with Crippen LogP contribution in [0.2, 0.25) is 0 Å². The second-order valence-corrected chi connectivity index (χ2v) is 6.02. The molecule has 2 aromatic rings. The van der Waals surface area contributed by atoms with Crippen LogP contribution in [0, 0.1) is 5.92 Å². The fourth-order valence-corrected chi connectivity index (χ4v) is 2.91. The molecule has 118 valence electrons. The van der Waals surface area contributed by atoms with Gasteiger partial charge in [0.15, 0.2) is 5.65 Å². The van der Waals surface area contributed by atoms with Crippen LogP contribution in [0.5, 0.6) is 0 Å². The summed E-state index contributed by atoms with van der Waals surface area (Å²) in [5.74, 6) is 1.54. The van der Waals surface area contributed by atoms with Crippen LogP contribution in [0.4, 0.5) is 5.82 Å². The van der Waals surface area contributed by atoms with Crippen molar-refractivity contribution in [1.29, 1.82) is 0 Å². The molecule has 0 radical (unpaired) electrons. The number of imidazole rings is 1. The Kier molecular flexibility index (Phi) is 4.73. The van der Waals surface area contributed by atoms with Gasteiger partial charge in [-0.3, -0.25) is 0 Å². The Morgan fingerprint density at radius 2 is 2.32 bits per heavy atom. The molecule has 0 saturated heterocycles. The van der Waals surface area contributed by atoms with Gasteiger partial charge in [0, 0.05) is 6.54 Å². The highest BCUT2D eigenvalue weighted by Gasteiger charge is 2.17. The van der Waals surface area contributed by atoms with E-state index >= 15 is 0 Å². The van der Waals surface area contributed by atoms with Crippen LogP contribution in [-0.4, -0.2) is 27.7 Å². The molecule has 1 aliphatic rings. The van der Waals surface area contributed by atoms with E-state index in [-0.39, 0.29) is 0 Å². The fourth-order valence-electron chi connectivity index (χ4n) is 2.91. The summed E-state index contributed by atoms with van der Waals surface area (Å²) in [4.78, 5) is 4.48. The number of allylic oxidation sites excluding steroid dienone is 2. The van der Waals surface area contributed by atoms with Gasteiger partial charge in [-0.05, 0) is 55.9 Å². The van der Waals surface area contributed by atoms with E-state index in [1.807, 2.05) is 22.8 Å². The number of hydrogen-bond acceptors (Lipinski definition) is 4. The summed E-state index contributed by atoms with van der Waals surface area (Å²) in [5, 5.41) is 8.08. The smallest absolute Gasteiger partial charge is 0.154 e. The van der Waals surface area contributed by atoms with Gasteiger partial charge < -0.3 is 11.1 Å². The molecule has 0 spiro atoms. The fraction of sp³-hybridized carbons (Fsp3) is 0.529. The molecule has 0 fully saturated rings. The molecule has 1 atom stereocenters. The molecule has 1 unspecified atom stereocenters. The van der Waals surface area contributed by atoms with Crippen LogP contribution in [-0.2, 0) is 0 Å². The maximum atomic E-state index is 5.77. The van der Waals surface area contributed by atoms with Gasteiger partial charge in [0.2, 0.25) is 0 Å². The molecular weight excluding hydrogens is 274 g/mol. The van der Waals surface area contributed by atoms with Crippen LogP contribution in [0.25, 0.3) is 11.2 Å². The number of unbranched alkanes of at least 4 members (excludes halogenated alkanes) is 1. The van der Waals surface area contributed by atoms with Gasteiger partial charge in [0.1, 0.15) is 5.82 Å². The lowest BCUT2D eigenvalue weighted by Gasteiger charge is -2.20. The third kappa shape index (κ3) is 3.14. The molecule has 3 N–H and O–H groups in total. The Labute approximate surface area is 131 Å². The first-order chi connectivity index (χ1) is 10.8. The number of fused-ring (bicyclic) bond motifs is 1. The maximum Gasteiger partial charge on any atom is 0.154 e. The van der Waals surface area contributed by atoms with Gasteiger partial charge in [0.25, 0.3) is 0 Å². The first-order valence-corrected chi connectivity index (χ1v) is 8.30. The van der Waals surface area contributed by atoms with Crippen molar-refractivity contribution in [3.63, 3.8) is 0 Å². The SMILES string of the molecule is CCCCNc1ccc2ncc(C3=CCC(CN)CC3)n2n1. The van der Waals surface area contributed by atoms with Crippen molar-refractivity contribution < 1.29 is 0 Å². The van der Waals surface area contributed by atoms with Crippen molar-refractivity contribution in [2.75, 3.05) is 18.4 Å². The maximum absolute atomic E-state index is 5.77. The Hall–Kier alpha value is -1.88. The third-order valence-corrected chi connectivity index (χ3v) is 4.38. The molecule has 0 aromatic carbocycles. The van der Waals surface area contributed by atoms with E-state index in [0.717, 1.165) is 55.9 Å². The number of rotatable bonds is 6. The van der Waals surface area contributed by atoms with Crippen molar-refractivity contribution in [3.05, 3.63) is 30.1 Å². The first-order valence-electron chi connectivity index (χ1n) is 8.30. The van der Waals surface area contributed by atoms with Crippen LogP contribution in [0.15, 0.2) is 24.4 Å². The monoisotopic (exact) mass is 299 g/mol. The average molecular weight is 299 g/mol. The molecule has 5 heteroatoms. The van der Waals surface area contributed by atoms with E-state index in [9.17, 15) is 0 Å². The summed E-state index contributed by atoms with van der Waals surface area (Å²) < 4.78 is 1.96. The van der Waals surface area contributed by atoms with Crippen molar-refractivity contribution in [3.8, 4) is 0 Å². The van der Waals surface area contributed by atoms with Gasteiger partial charge in [-0.2, -0.15) is 0 Å². The predicted octanol–water partition coefficient (Wildman–Crippen LogP) is 3.08. The quantitative estimate of drug-likeness (QED) is 0.804. The zero-order valence-corrected chi connectivity index (χ0v) is 13.3. The molecule has 0 saturated carbocycles. The lowest BCUT2D eigenvalue weighted by atomic mass is 9.88. The van der Waals surface area contributed by atoms with Crippen molar-refractivity contribution >= 4 is 17.0 Å². The highest BCUT2D eigenvalue weighted by Crippen LogP contribution is 2.29. The number of aromatic nitrogens is 3. The molecule has 0 aliphatic heterocycles. The van der Waals surface area contributed by atoms with Crippen LogP contribution in [0.3, 0.4) is 0 Å². The number of nitrogens with zero attached hydrogens (tertiary/aromatic N) is 3. The van der Waals surface area contributed by atoms with Gasteiger partial charge in [0.05, 0.1) is 11.9 Å². The van der Waals surface area contributed by atoms with Gasteiger partial charge in [-0.15, -0.1) is 5.10 Å². The summed E-state index contributed by atoms with van der Waals surface area (Å²) in [6.45, 7) is 3.93. The summed E-state index contributed by atoms with van der Waals surface area (Å²) in [5.41, 5.74) is 9.13. The largest absolute Gasteiger partial charge is 0.369 e. The second-order valence-electron chi connectivity index (χ2n) is 6.02. The van der Waals surface area contributed by atoms with Crippen LogP contribution < -0.4 is 11.1 Å². The molecule has 2 aromatic heterocycles. The molecule has 5 nitrogen and oxygen atoms in total. The topological polar surface area (TPSA) is 68.2 Å². The highest BCUT2D eigenvalue weighted by molar-refractivity contribution is 5.66. The molecule has 0 bridgehead atoms. The minimum absolute atomic E-state index is 0.627. The standard InChI is InChI=1S/C17H25N5/c1-2-3-10-19-16-8-9-17-20-12-15(22(17)21-16)14-6-4-13(11-18)5-7-14/h6,8-9,12-13H,2-5,7,10-11,18H2,1H3,(H,19,21). The second kappa shape index (κ2) is 6.92. The zero-order valence-electron chi connectivity index (χ0n) is 13.3. The average Bonchev–Trinajstić information content (AvgIpc) is 2.98. The molecule has 0 amide bonds. The Morgan fingerprint density at radius 3 is 3.05 bits per heavy atom. The number of nitrogens with two attached hydrogens (primary N) is 1. The van der Waals surface area contributed by atoms with Gasteiger partial charge in [-0.1, -0.05) is 19.4 Å². The lowest BCUT2D eigenvalue weighted by Crippen LogP contribution is -2.16. The van der Waals surface area contributed by atoms with E-state index < -0.39 is 0 Å². The molecule has 22 heavy (non-hydrogen) atoms. The summed E-state index contributed by atoms with van der Waals surface area (Å²) in [6.07, 6.45) is 9.86. The predicted molar refractivity (Wildman–Crippen MR) is 90.8 cm³/mol. The van der Waals surface area contributed by atoms with Crippen molar-refractivity contribution in [2.24, 2.45) is 11.7 Å². The van der Waals surface area contributed by atoms with Crippen LogP contribution >= 0.6 is 0 Å². The summed E-state index contributed by atoms with van der Waals surface area (Å²) in [6, 6.07) is 4.03. The Morgan fingerprint density at radius 1 is 1.41 bits per heavy atom. The first kappa shape index (κ1) is 15.0. The highest BCUT2D eigenvalue weighted by atomic mass is 15.3. The molecular formula is C17H25N5. The zero-order chi connectivity index (χ0) is 15.4. The van der Waals surface area contributed by atoms with Gasteiger partial charge in [-0.25, -0.2) is 9.50 Å². The van der Waals surface area contributed by atoms with E-state index in [1.54, 1.807) is 0 Å². The third-order valence-electron chi connectivity index (χ3n) is 4.38. The number of nitrogens with one attached hydrogen (secondary N) is 1. The van der Waals surface area contributed by atoms with E-state index in [0.29, 0.717) is 5.92 Å². The van der Waals surface area contributed by atoms with E-state index in [1.165, 1.54) is 12.0 Å². The van der Waals surface area contributed by atoms with E-state index in [2.05, 4.69) is 23.3 Å². The lowest BCUT2D eigenvalue weighted by molar-refractivity contribution is 0.496. The summed E-state index contributed by atoms with van der Waals surface area (Å²) >= 11 is 0. The minimum Gasteiger partial charge on any atom is -0.369 e. The van der Waals surface area contributed by atoms with Gasteiger partial charge >= 0.3 is 0 Å². The minimum atomic E-state index is 0.627. The van der Waals surface area contributed by atoms with E-state index in [4.69, 9.17) is 10.8 Å². The molecule has 2 heterocycles. The van der Waals surface area contributed by atoms with Crippen LogP contribution in [0.1, 0.15) is 44.7 Å².